The van der Waals surface area contributed by atoms with E-state index >= 15 is 0 Å². The van der Waals surface area contributed by atoms with Crippen LogP contribution in [0.15, 0.2) is 47.8 Å². The van der Waals surface area contributed by atoms with E-state index in [9.17, 15) is 14.9 Å². The molecule has 1 N–H and O–H groups in total. The van der Waals surface area contributed by atoms with Crippen LogP contribution in [0.4, 0.5) is 5.82 Å². The molecule has 9 heteroatoms. The fourth-order valence-corrected chi connectivity index (χ4v) is 4.39. The van der Waals surface area contributed by atoms with Gasteiger partial charge in [0, 0.05) is 37.5 Å². The number of amides is 1. The van der Waals surface area contributed by atoms with E-state index in [4.69, 9.17) is 5.11 Å². The Labute approximate surface area is 197 Å². The lowest BCUT2D eigenvalue weighted by molar-refractivity contribution is -0.137. The van der Waals surface area contributed by atoms with Gasteiger partial charge in [-0.25, -0.2) is 9.99 Å². The van der Waals surface area contributed by atoms with Gasteiger partial charge in [-0.1, -0.05) is 6.07 Å². The molecule has 1 aliphatic rings. The Bertz CT molecular complexity index is 1330. The van der Waals surface area contributed by atoms with Crippen molar-refractivity contribution in [2.24, 2.45) is 5.10 Å². The van der Waals surface area contributed by atoms with Crippen molar-refractivity contribution in [1.82, 2.24) is 14.3 Å². The quantitative estimate of drug-likeness (QED) is 0.407. The zero-order valence-electron chi connectivity index (χ0n) is 19.4. The number of benzene rings is 1. The monoisotopic (exact) mass is 458 g/mol. The molecule has 0 bridgehead atoms. The molecule has 3 aromatic rings. The van der Waals surface area contributed by atoms with Gasteiger partial charge in [-0.2, -0.15) is 10.4 Å². The average molecular weight is 459 g/mol. The standard InChI is InChI=1S/C25H26N6O3/c1-4-31(23-21-10-8-18(15-26)29(21)13-11-27-23)28-16-17-7-9-19-20(14-17)25(2,3)30(24(19)34)12-5-6-22(32)33/h7-11,13-14,16H,4-6,12H2,1-3H3,(H,32,33)/b28-16+. The third-order valence-corrected chi connectivity index (χ3v) is 6.19. The first kappa shape index (κ1) is 23.0. The number of carboxylic acid groups (broad SMARTS) is 1. The van der Waals surface area contributed by atoms with Crippen molar-refractivity contribution < 1.29 is 14.7 Å². The number of aromatic nitrogens is 2. The molecular weight excluding hydrogens is 432 g/mol. The summed E-state index contributed by atoms with van der Waals surface area (Å²) in [6, 6.07) is 11.4. The van der Waals surface area contributed by atoms with Gasteiger partial charge in [-0.3, -0.25) is 9.59 Å². The Kier molecular flexibility index (Phi) is 6.07. The molecule has 1 amide bonds. The molecule has 0 aliphatic carbocycles. The van der Waals surface area contributed by atoms with E-state index in [2.05, 4.69) is 16.2 Å². The van der Waals surface area contributed by atoms with Crippen LogP contribution in [0.2, 0.25) is 0 Å². The Morgan fingerprint density at radius 3 is 2.82 bits per heavy atom. The molecule has 0 spiro atoms. The van der Waals surface area contributed by atoms with Crippen molar-refractivity contribution in [2.45, 2.75) is 39.2 Å². The summed E-state index contributed by atoms with van der Waals surface area (Å²) in [5.41, 5.74) is 3.13. The third kappa shape index (κ3) is 3.99. The molecular formula is C25H26N6O3. The average Bonchev–Trinajstić information content (AvgIpc) is 3.32. The van der Waals surface area contributed by atoms with Crippen LogP contribution in [0, 0.1) is 11.3 Å². The topological polar surface area (TPSA) is 114 Å². The number of hydrogen-bond donors (Lipinski definition) is 1. The maximum absolute atomic E-state index is 13.0. The van der Waals surface area contributed by atoms with Gasteiger partial charge < -0.3 is 14.4 Å². The number of carboxylic acids is 1. The molecule has 174 valence electrons. The van der Waals surface area contributed by atoms with E-state index in [-0.39, 0.29) is 12.3 Å². The summed E-state index contributed by atoms with van der Waals surface area (Å²) in [7, 11) is 0. The van der Waals surface area contributed by atoms with Crippen LogP contribution in [0.25, 0.3) is 5.52 Å². The van der Waals surface area contributed by atoms with Gasteiger partial charge in [-0.15, -0.1) is 0 Å². The summed E-state index contributed by atoms with van der Waals surface area (Å²) in [5.74, 6) is -0.305. The molecule has 2 aromatic heterocycles. The molecule has 3 heterocycles. The molecule has 0 saturated heterocycles. The highest BCUT2D eigenvalue weighted by molar-refractivity contribution is 6.01. The second-order valence-electron chi connectivity index (χ2n) is 8.61. The van der Waals surface area contributed by atoms with Gasteiger partial charge in [0.15, 0.2) is 5.82 Å². The molecule has 34 heavy (non-hydrogen) atoms. The highest BCUT2D eigenvalue weighted by Crippen LogP contribution is 2.39. The van der Waals surface area contributed by atoms with E-state index in [0.717, 1.165) is 16.6 Å². The number of hydrazone groups is 1. The Balaban J connectivity index is 1.60. The van der Waals surface area contributed by atoms with Crippen LogP contribution in [0.1, 0.15) is 60.8 Å². The van der Waals surface area contributed by atoms with E-state index in [1.54, 1.807) is 45.1 Å². The molecule has 9 nitrogen and oxygen atoms in total. The maximum atomic E-state index is 13.0. The lowest BCUT2D eigenvalue weighted by Gasteiger charge is -2.32. The minimum Gasteiger partial charge on any atom is -0.481 e. The molecule has 4 rings (SSSR count). The zero-order chi connectivity index (χ0) is 24.5. The maximum Gasteiger partial charge on any atom is 0.303 e. The molecule has 0 saturated carbocycles. The number of aliphatic carboxylic acids is 1. The van der Waals surface area contributed by atoms with Gasteiger partial charge in [0.05, 0.1) is 17.3 Å². The van der Waals surface area contributed by atoms with Crippen LogP contribution >= 0.6 is 0 Å². The fourth-order valence-electron chi connectivity index (χ4n) is 4.39. The van der Waals surface area contributed by atoms with Gasteiger partial charge in [0.25, 0.3) is 5.91 Å². The SMILES string of the molecule is CCN(/N=C/c1ccc2c(c1)C(C)(C)N(CCCC(=O)O)C2=O)c1nccn2c(C#N)ccc12. The van der Waals surface area contributed by atoms with Gasteiger partial charge in [0.2, 0.25) is 0 Å². The largest absolute Gasteiger partial charge is 0.481 e. The van der Waals surface area contributed by atoms with Crippen molar-refractivity contribution in [3.63, 3.8) is 0 Å². The van der Waals surface area contributed by atoms with E-state index in [1.807, 2.05) is 39.0 Å². The van der Waals surface area contributed by atoms with E-state index in [1.165, 1.54) is 0 Å². The predicted octanol–water partition coefficient (Wildman–Crippen LogP) is 3.62. The molecule has 0 atom stereocenters. The summed E-state index contributed by atoms with van der Waals surface area (Å²) in [6.07, 6.45) is 5.56. The molecule has 0 unspecified atom stereocenters. The normalized spacial score (nSPS) is 14.5. The van der Waals surface area contributed by atoms with Gasteiger partial charge in [-0.05, 0) is 62.6 Å². The Morgan fingerprint density at radius 2 is 2.12 bits per heavy atom. The highest BCUT2D eigenvalue weighted by Gasteiger charge is 2.42. The van der Waals surface area contributed by atoms with Crippen LogP contribution in [-0.4, -0.2) is 50.6 Å². The second kappa shape index (κ2) is 8.98. The minimum absolute atomic E-state index is 0.0271. The lowest BCUT2D eigenvalue weighted by atomic mass is 9.92. The molecule has 1 aliphatic heterocycles. The lowest BCUT2D eigenvalue weighted by Crippen LogP contribution is -2.39. The van der Waals surface area contributed by atoms with Gasteiger partial charge in [0.1, 0.15) is 11.8 Å². The number of carbonyl (C=O) groups is 2. The van der Waals surface area contributed by atoms with Crippen molar-refractivity contribution in [3.05, 3.63) is 65.1 Å². The second-order valence-corrected chi connectivity index (χ2v) is 8.61. The first-order valence-corrected chi connectivity index (χ1v) is 11.1. The first-order valence-electron chi connectivity index (χ1n) is 11.1. The smallest absolute Gasteiger partial charge is 0.303 e. The molecule has 0 fully saturated rings. The highest BCUT2D eigenvalue weighted by atomic mass is 16.4. The van der Waals surface area contributed by atoms with Crippen LogP contribution in [0.3, 0.4) is 0 Å². The van der Waals surface area contributed by atoms with Crippen molar-refractivity contribution in [1.29, 1.82) is 5.26 Å². The number of anilines is 1. The van der Waals surface area contributed by atoms with Crippen molar-refractivity contribution in [3.8, 4) is 6.07 Å². The first-order chi connectivity index (χ1) is 16.3. The van der Waals surface area contributed by atoms with Crippen molar-refractivity contribution >= 4 is 29.4 Å². The summed E-state index contributed by atoms with van der Waals surface area (Å²) >= 11 is 0. The van der Waals surface area contributed by atoms with Crippen LogP contribution in [0.5, 0.6) is 0 Å². The number of hydrogen-bond acceptors (Lipinski definition) is 6. The molecule has 0 radical (unpaired) electrons. The Morgan fingerprint density at radius 1 is 1.32 bits per heavy atom. The minimum atomic E-state index is -0.866. The summed E-state index contributed by atoms with van der Waals surface area (Å²) in [5, 5.41) is 24.6. The summed E-state index contributed by atoms with van der Waals surface area (Å²) in [4.78, 5) is 30.0. The number of nitrogens with zero attached hydrogens (tertiary/aromatic N) is 6. The van der Waals surface area contributed by atoms with Crippen LogP contribution < -0.4 is 5.01 Å². The predicted molar refractivity (Wildman–Crippen MR) is 128 cm³/mol. The van der Waals surface area contributed by atoms with Crippen LogP contribution in [-0.2, 0) is 10.3 Å². The van der Waals surface area contributed by atoms with E-state index < -0.39 is 11.5 Å². The Hall–Kier alpha value is -4.19. The fraction of sp³-hybridized carbons (Fsp3) is 0.320. The number of fused-ring (bicyclic) bond motifs is 2. The van der Waals surface area contributed by atoms with Gasteiger partial charge >= 0.3 is 5.97 Å². The zero-order valence-corrected chi connectivity index (χ0v) is 19.4. The summed E-state index contributed by atoms with van der Waals surface area (Å²) in [6.45, 7) is 6.87. The third-order valence-electron chi connectivity index (χ3n) is 6.19. The van der Waals surface area contributed by atoms with E-state index in [0.29, 0.717) is 36.6 Å². The number of nitriles is 1. The number of carbonyl (C=O) groups excluding carboxylic acids is 1. The van der Waals surface area contributed by atoms with Crippen molar-refractivity contribution in [2.75, 3.05) is 18.1 Å². The summed E-state index contributed by atoms with van der Waals surface area (Å²) < 4.78 is 1.78. The molecule has 1 aromatic carbocycles. The number of rotatable bonds is 8.